The van der Waals surface area contributed by atoms with Gasteiger partial charge in [-0.2, -0.15) is 4.98 Å². The van der Waals surface area contributed by atoms with E-state index in [0.29, 0.717) is 5.89 Å². The van der Waals surface area contributed by atoms with Gasteiger partial charge >= 0.3 is 0 Å². The van der Waals surface area contributed by atoms with E-state index in [1.54, 1.807) is 0 Å². The zero-order chi connectivity index (χ0) is 18.6. The molecule has 6 heteroatoms. The average Bonchev–Trinajstić information content (AvgIpc) is 3.10. The Morgan fingerprint density at radius 2 is 1.96 bits per heavy atom. The van der Waals surface area contributed by atoms with Gasteiger partial charge in [-0.05, 0) is 58.4 Å². The fourth-order valence-corrected chi connectivity index (χ4v) is 4.73. The quantitative estimate of drug-likeness (QED) is 0.707. The van der Waals surface area contributed by atoms with Gasteiger partial charge in [0.15, 0.2) is 5.82 Å². The predicted octanol–water partition coefficient (Wildman–Crippen LogP) is 4.23. The minimum Gasteiger partial charge on any atom is -0.597 e. The smallest absolute Gasteiger partial charge is 0.248 e. The highest BCUT2D eigenvalue weighted by atomic mass is 32.2. The summed E-state index contributed by atoms with van der Waals surface area (Å²) in [6.07, 6.45) is 5.89. The van der Waals surface area contributed by atoms with Crippen molar-refractivity contribution in [1.82, 2.24) is 14.4 Å². The Balaban J connectivity index is 1.61. The molecule has 2 atom stereocenters. The predicted molar refractivity (Wildman–Crippen MR) is 104 cm³/mol. The van der Waals surface area contributed by atoms with Crippen molar-refractivity contribution < 1.29 is 9.08 Å². The first-order valence-corrected chi connectivity index (χ1v) is 10.6. The van der Waals surface area contributed by atoms with Gasteiger partial charge in [0.05, 0.1) is 0 Å². The van der Waals surface area contributed by atoms with Crippen LogP contribution in [-0.4, -0.2) is 30.3 Å². The number of piperidine rings is 1. The first kappa shape index (κ1) is 19.4. The number of hydrogen-bond donors (Lipinski definition) is 0. The van der Waals surface area contributed by atoms with Crippen LogP contribution in [0.3, 0.4) is 0 Å². The molecule has 0 saturated carbocycles. The van der Waals surface area contributed by atoms with Gasteiger partial charge in [-0.15, -0.1) is 4.31 Å². The molecule has 1 unspecified atom stereocenters. The second-order valence-electron chi connectivity index (χ2n) is 7.90. The second-order valence-corrected chi connectivity index (χ2v) is 10.1. The molecule has 0 N–H and O–H groups in total. The number of benzene rings is 1. The van der Waals surface area contributed by atoms with E-state index in [4.69, 9.17) is 4.52 Å². The Labute approximate surface area is 159 Å². The van der Waals surface area contributed by atoms with Crippen LogP contribution in [0.5, 0.6) is 0 Å². The van der Waals surface area contributed by atoms with E-state index < -0.39 is 11.4 Å². The molecule has 1 aromatic carbocycles. The van der Waals surface area contributed by atoms with Gasteiger partial charge in [0.25, 0.3) is 0 Å². The Morgan fingerprint density at radius 1 is 1.19 bits per heavy atom. The Bertz CT molecular complexity index is 684. The fraction of sp³-hybridized carbons (Fsp3) is 0.600. The highest BCUT2D eigenvalue weighted by molar-refractivity contribution is 7.90. The highest BCUT2D eigenvalue weighted by Gasteiger charge is 2.41. The molecule has 0 bridgehead atoms. The maximum Gasteiger partial charge on any atom is 0.248 e. The lowest BCUT2D eigenvalue weighted by atomic mass is 10.1. The molecule has 0 radical (unpaired) electrons. The molecule has 26 heavy (non-hydrogen) atoms. The summed E-state index contributed by atoms with van der Waals surface area (Å²) in [6, 6.07) is 10.4. The summed E-state index contributed by atoms with van der Waals surface area (Å²) in [5.41, 5.74) is 1.33. The van der Waals surface area contributed by atoms with Crippen LogP contribution in [-0.2, 0) is 24.2 Å². The van der Waals surface area contributed by atoms with E-state index in [9.17, 15) is 4.55 Å². The number of hydrogen-bond acceptors (Lipinski definition) is 5. The number of aromatic nitrogens is 2. The molecular weight excluding hydrogens is 346 g/mol. The van der Waals surface area contributed by atoms with E-state index >= 15 is 0 Å². The van der Waals surface area contributed by atoms with Crippen molar-refractivity contribution in [2.24, 2.45) is 0 Å². The van der Waals surface area contributed by atoms with Gasteiger partial charge in [0.2, 0.25) is 5.89 Å². The van der Waals surface area contributed by atoms with Crippen molar-refractivity contribution in [2.45, 2.75) is 70.1 Å². The summed E-state index contributed by atoms with van der Waals surface area (Å²) in [5.74, 6) is 1.38. The maximum absolute atomic E-state index is 12.9. The molecule has 0 amide bonds. The third-order valence-electron chi connectivity index (χ3n) is 4.67. The first-order valence-electron chi connectivity index (χ1n) is 9.50. The molecule has 3 rings (SSSR count). The monoisotopic (exact) mass is 375 g/mol. The van der Waals surface area contributed by atoms with Crippen LogP contribution in [0.15, 0.2) is 34.9 Å². The van der Waals surface area contributed by atoms with Crippen molar-refractivity contribution in [1.29, 1.82) is 0 Å². The summed E-state index contributed by atoms with van der Waals surface area (Å²) >= 11 is -1.07. The van der Waals surface area contributed by atoms with Gasteiger partial charge in [-0.1, -0.05) is 35.5 Å². The average molecular weight is 376 g/mol. The van der Waals surface area contributed by atoms with Crippen LogP contribution < -0.4 is 0 Å². The third-order valence-corrected chi connectivity index (χ3v) is 6.58. The Hall–Kier alpha value is -1.37. The molecule has 1 saturated heterocycles. The summed E-state index contributed by atoms with van der Waals surface area (Å²) < 4.78 is 20.2. The van der Waals surface area contributed by atoms with Crippen LogP contribution in [0.25, 0.3) is 0 Å². The van der Waals surface area contributed by atoms with Crippen molar-refractivity contribution >= 4 is 11.4 Å². The highest BCUT2D eigenvalue weighted by Crippen LogP contribution is 2.36. The molecule has 1 aliphatic heterocycles. The van der Waals surface area contributed by atoms with Crippen molar-refractivity contribution in [3.05, 3.63) is 47.6 Å². The fourth-order valence-electron chi connectivity index (χ4n) is 3.30. The van der Waals surface area contributed by atoms with E-state index in [1.165, 1.54) is 5.56 Å². The largest absolute Gasteiger partial charge is 0.597 e. The maximum atomic E-state index is 12.9. The van der Waals surface area contributed by atoms with Crippen molar-refractivity contribution in [3.8, 4) is 0 Å². The van der Waals surface area contributed by atoms with Crippen LogP contribution in [0.4, 0.5) is 0 Å². The van der Waals surface area contributed by atoms with Gasteiger partial charge < -0.3 is 9.08 Å². The van der Waals surface area contributed by atoms with Gasteiger partial charge in [-0.3, -0.25) is 0 Å². The molecule has 0 spiro atoms. The molecule has 142 valence electrons. The lowest BCUT2D eigenvalue weighted by Crippen LogP contribution is -2.46. The van der Waals surface area contributed by atoms with E-state index in [1.807, 2.05) is 31.1 Å². The molecule has 2 heterocycles. The van der Waals surface area contributed by atoms with Crippen LogP contribution in [0.2, 0.25) is 0 Å². The minimum absolute atomic E-state index is 0.0285. The SMILES string of the molecule is CC(C)(C)[S+]([O-])N1CCCC[C@H]1c1nc(CCCc2ccccc2)no1. The normalized spacial score (nSPS) is 20.2. The molecule has 1 fully saturated rings. The second kappa shape index (κ2) is 8.55. The molecule has 1 aromatic heterocycles. The van der Waals surface area contributed by atoms with E-state index in [2.05, 4.69) is 34.4 Å². The van der Waals surface area contributed by atoms with E-state index in [-0.39, 0.29) is 10.8 Å². The zero-order valence-electron chi connectivity index (χ0n) is 16.0. The summed E-state index contributed by atoms with van der Waals surface area (Å²) in [5, 5.41) is 4.17. The summed E-state index contributed by atoms with van der Waals surface area (Å²) in [7, 11) is 0. The third kappa shape index (κ3) is 4.87. The number of rotatable bonds is 6. The summed E-state index contributed by atoms with van der Waals surface area (Å²) in [6.45, 7) is 6.85. The van der Waals surface area contributed by atoms with Gasteiger partial charge in [0.1, 0.15) is 10.8 Å². The zero-order valence-corrected chi connectivity index (χ0v) is 16.8. The topological polar surface area (TPSA) is 65.2 Å². The van der Waals surface area contributed by atoms with Crippen molar-refractivity contribution in [2.75, 3.05) is 6.54 Å². The first-order chi connectivity index (χ1) is 12.4. The Morgan fingerprint density at radius 3 is 2.69 bits per heavy atom. The molecule has 0 aliphatic carbocycles. The summed E-state index contributed by atoms with van der Waals surface area (Å²) in [4.78, 5) is 4.63. The molecular formula is C20H29N3O2S. The lowest BCUT2D eigenvalue weighted by molar-refractivity contribution is 0.201. The van der Waals surface area contributed by atoms with Crippen LogP contribution in [0, 0.1) is 0 Å². The van der Waals surface area contributed by atoms with Gasteiger partial charge in [0, 0.05) is 24.3 Å². The lowest BCUT2D eigenvalue weighted by Gasteiger charge is -2.38. The van der Waals surface area contributed by atoms with Crippen LogP contribution in [0.1, 0.15) is 69.8 Å². The number of nitrogens with zero attached hydrogens (tertiary/aromatic N) is 3. The molecule has 5 nitrogen and oxygen atoms in total. The minimum atomic E-state index is -1.07. The Kier molecular flexibility index (Phi) is 6.37. The van der Waals surface area contributed by atoms with Crippen molar-refractivity contribution in [3.63, 3.8) is 0 Å². The molecule has 1 aliphatic rings. The van der Waals surface area contributed by atoms with Gasteiger partial charge in [-0.25, -0.2) is 0 Å². The van der Waals surface area contributed by atoms with E-state index in [0.717, 1.165) is 50.9 Å². The number of aryl methyl sites for hydroxylation is 2. The standard InChI is InChI=1S/C20H29N3O2S/c1-20(2,3)26(24)23-15-8-7-13-17(23)19-21-18(22-25-19)14-9-12-16-10-5-4-6-11-16/h4-6,10-11,17H,7-9,12-15H2,1-3H3/t17-,26?/m0/s1. The van der Waals surface area contributed by atoms with Crippen LogP contribution >= 0.6 is 0 Å². The molecule has 2 aromatic rings.